The molecule has 0 saturated carbocycles. The molecule has 1 aromatic carbocycles. The van der Waals surface area contributed by atoms with Crippen molar-refractivity contribution in [2.24, 2.45) is 7.05 Å². The van der Waals surface area contributed by atoms with Gasteiger partial charge in [0.05, 0.1) is 17.4 Å². The highest BCUT2D eigenvalue weighted by Gasteiger charge is 2.43. The fourth-order valence-electron chi connectivity index (χ4n) is 5.48. The molecular weight excluding hydrogens is 390 g/mol. The average molecular weight is 424 g/mol. The van der Waals surface area contributed by atoms with Crippen molar-refractivity contribution >= 4 is 11.6 Å². The molecule has 3 fully saturated rings. The van der Waals surface area contributed by atoms with E-state index in [0.29, 0.717) is 11.6 Å². The molecule has 1 unspecified atom stereocenters. The summed E-state index contributed by atoms with van der Waals surface area (Å²) in [6.07, 6.45) is 7.53. The number of para-hydroxylation sites is 1. The first-order valence-electron chi connectivity index (χ1n) is 11.6. The summed E-state index contributed by atoms with van der Waals surface area (Å²) in [5.74, 6) is 0.0901. The summed E-state index contributed by atoms with van der Waals surface area (Å²) in [7, 11) is 1.84. The highest BCUT2D eigenvalue weighted by Crippen LogP contribution is 2.37. The van der Waals surface area contributed by atoms with Crippen LogP contribution in [0.4, 0.5) is 5.69 Å². The molecular formula is C24H33N5O2. The quantitative estimate of drug-likeness (QED) is 0.759. The number of carbonyl (C=O) groups is 1. The zero-order valence-electron chi connectivity index (χ0n) is 18.4. The third-order valence-electron chi connectivity index (χ3n) is 7.33. The number of aryl methyl sites for hydroxylation is 1. The Morgan fingerprint density at radius 1 is 1.06 bits per heavy atom. The van der Waals surface area contributed by atoms with Crippen molar-refractivity contribution in [3.8, 4) is 0 Å². The van der Waals surface area contributed by atoms with Gasteiger partial charge in [0.1, 0.15) is 0 Å². The first kappa shape index (κ1) is 20.5. The Labute approximate surface area is 184 Å². The molecule has 1 aromatic heterocycles. The average Bonchev–Trinajstić information content (AvgIpc) is 3.26. The van der Waals surface area contributed by atoms with E-state index in [2.05, 4.69) is 45.2 Å². The molecule has 7 heteroatoms. The third kappa shape index (κ3) is 4.34. The molecule has 3 aliphatic heterocycles. The van der Waals surface area contributed by atoms with Crippen molar-refractivity contribution in [3.05, 3.63) is 48.3 Å². The van der Waals surface area contributed by atoms with Crippen LogP contribution < -0.4 is 4.90 Å². The van der Waals surface area contributed by atoms with Crippen molar-refractivity contribution in [1.82, 2.24) is 19.6 Å². The molecule has 1 spiro atoms. The number of carbonyl (C=O) groups excluding carboxylic acids is 1. The minimum Gasteiger partial charge on any atom is -0.375 e. The number of ether oxygens (including phenoxy) is 1. The molecule has 0 radical (unpaired) electrons. The van der Waals surface area contributed by atoms with Gasteiger partial charge < -0.3 is 14.5 Å². The summed E-state index contributed by atoms with van der Waals surface area (Å²) in [6.45, 7) is 6.76. The highest BCUT2D eigenvalue weighted by molar-refractivity contribution is 5.93. The molecule has 1 atom stereocenters. The zero-order valence-corrected chi connectivity index (χ0v) is 18.4. The largest absolute Gasteiger partial charge is 0.375 e. The zero-order chi connectivity index (χ0) is 21.3. The molecule has 7 nitrogen and oxygen atoms in total. The maximum Gasteiger partial charge on any atom is 0.257 e. The Balaban J connectivity index is 1.15. The fraction of sp³-hybridized carbons (Fsp3) is 0.583. The summed E-state index contributed by atoms with van der Waals surface area (Å²) < 4.78 is 8.05. The topological polar surface area (TPSA) is 53.8 Å². The van der Waals surface area contributed by atoms with Crippen molar-refractivity contribution in [3.63, 3.8) is 0 Å². The second-order valence-corrected chi connectivity index (χ2v) is 9.23. The lowest BCUT2D eigenvalue weighted by atomic mass is 9.81. The van der Waals surface area contributed by atoms with E-state index < -0.39 is 0 Å². The van der Waals surface area contributed by atoms with Gasteiger partial charge in [0.15, 0.2) is 0 Å². The minimum absolute atomic E-state index is 0.0643. The molecule has 0 N–H and O–H groups in total. The fourth-order valence-corrected chi connectivity index (χ4v) is 5.48. The second-order valence-electron chi connectivity index (χ2n) is 9.23. The number of hydrogen-bond donors (Lipinski definition) is 0. The summed E-state index contributed by atoms with van der Waals surface area (Å²) in [4.78, 5) is 19.9. The van der Waals surface area contributed by atoms with E-state index in [1.54, 1.807) is 17.1 Å². The van der Waals surface area contributed by atoms with Gasteiger partial charge in [-0.25, -0.2) is 0 Å². The maximum atomic E-state index is 12.8. The van der Waals surface area contributed by atoms with Crippen LogP contribution in [-0.4, -0.2) is 83.0 Å². The van der Waals surface area contributed by atoms with Crippen LogP contribution in [0.15, 0.2) is 42.7 Å². The number of likely N-dealkylation sites (tertiary alicyclic amines) is 1. The smallest absolute Gasteiger partial charge is 0.257 e. The minimum atomic E-state index is -0.0643. The van der Waals surface area contributed by atoms with Gasteiger partial charge >= 0.3 is 0 Å². The van der Waals surface area contributed by atoms with Gasteiger partial charge in [0.2, 0.25) is 0 Å². The Bertz CT molecular complexity index is 882. The van der Waals surface area contributed by atoms with Gasteiger partial charge in [-0.2, -0.15) is 5.10 Å². The molecule has 2 aromatic rings. The van der Waals surface area contributed by atoms with E-state index in [9.17, 15) is 4.79 Å². The number of hydrogen-bond acceptors (Lipinski definition) is 5. The predicted molar refractivity (Wildman–Crippen MR) is 120 cm³/mol. The predicted octanol–water partition coefficient (Wildman–Crippen LogP) is 2.40. The standard InChI is InChI=1S/C24H33N5O2/c1-26-19-20(18-25-26)23(30)29-10-8-24(9-11-29)17-22(7-16-31-24)28-14-12-27(13-15-28)21-5-3-2-4-6-21/h2-6,18-19,22H,7-17H2,1H3. The van der Waals surface area contributed by atoms with Crippen LogP contribution in [0, 0.1) is 0 Å². The molecule has 1 amide bonds. The maximum absolute atomic E-state index is 12.8. The number of benzene rings is 1. The number of nitrogens with zero attached hydrogens (tertiary/aromatic N) is 5. The van der Waals surface area contributed by atoms with Crippen molar-refractivity contribution in [1.29, 1.82) is 0 Å². The van der Waals surface area contributed by atoms with E-state index in [4.69, 9.17) is 4.74 Å². The number of amides is 1. The van der Waals surface area contributed by atoms with E-state index >= 15 is 0 Å². The van der Waals surface area contributed by atoms with Crippen LogP contribution in [0.1, 0.15) is 36.0 Å². The first-order chi connectivity index (χ1) is 15.1. The van der Waals surface area contributed by atoms with Crippen molar-refractivity contribution in [2.45, 2.75) is 37.3 Å². The Hall–Kier alpha value is -2.38. The molecule has 0 bridgehead atoms. The summed E-state index contributed by atoms with van der Waals surface area (Å²) >= 11 is 0. The van der Waals surface area contributed by atoms with Crippen LogP contribution in [0.25, 0.3) is 0 Å². The summed E-state index contributed by atoms with van der Waals surface area (Å²) in [6, 6.07) is 11.3. The molecule has 166 valence electrons. The van der Waals surface area contributed by atoms with Crippen LogP contribution in [-0.2, 0) is 11.8 Å². The van der Waals surface area contributed by atoms with Gasteiger partial charge in [0.25, 0.3) is 5.91 Å². The SMILES string of the molecule is Cn1cc(C(=O)N2CCC3(CC2)CC(N2CCN(c4ccccc4)CC2)CCO3)cn1. The van der Waals surface area contributed by atoms with Crippen molar-refractivity contribution < 1.29 is 9.53 Å². The first-order valence-corrected chi connectivity index (χ1v) is 11.6. The summed E-state index contributed by atoms with van der Waals surface area (Å²) in [5, 5.41) is 4.14. The molecule has 4 heterocycles. The van der Waals surface area contributed by atoms with Crippen molar-refractivity contribution in [2.75, 3.05) is 50.8 Å². The molecule has 0 aliphatic carbocycles. The second kappa shape index (κ2) is 8.63. The number of piperazine rings is 1. The van der Waals surface area contributed by atoms with Crippen LogP contribution in [0.2, 0.25) is 0 Å². The van der Waals surface area contributed by atoms with E-state index in [1.807, 2.05) is 11.9 Å². The normalized spacial score (nSPS) is 24.5. The Kier molecular flexibility index (Phi) is 5.71. The molecule has 3 saturated heterocycles. The van der Waals surface area contributed by atoms with Gasteiger partial charge in [0, 0.05) is 70.8 Å². The van der Waals surface area contributed by atoms with E-state index in [1.165, 1.54) is 5.69 Å². The molecule has 31 heavy (non-hydrogen) atoms. The van der Waals surface area contributed by atoms with Gasteiger partial charge in [-0.1, -0.05) is 18.2 Å². The lowest BCUT2D eigenvalue weighted by molar-refractivity contribution is -0.130. The third-order valence-corrected chi connectivity index (χ3v) is 7.33. The molecule has 3 aliphatic rings. The van der Waals surface area contributed by atoms with Crippen LogP contribution >= 0.6 is 0 Å². The number of piperidine rings is 1. The Morgan fingerprint density at radius 2 is 1.81 bits per heavy atom. The van der Waals surface area contributed by atoms with E-state index in [-0.39, 0.29) is 11.5 Å². The van der Waals surface area contributed by atoms with Gasteiger partial charge in [-0.3, -0.25) is 14.4 Å². The van der Waals surface area contributed by atoms with Crippen LogP contribution in [0.3, 0.4) is 0 Å². The van der Waals surface area contributed by atoms with Gasteiger partial charge in [-0.15, -0.1) is 0 Å². The number of aromatic nitrogens is 2. The monoisotopic (exact) mass is 423 g/mol. The number of anilines is 1. The van der Waals surface area contributed by atoms with Gasteiger partial charge in [-0.05, 0) is 37.8 Å². The molecule has 5 rings (SSSR count). The summed E-state index contributed by atoms with van der Waals surface area (Å²) in [5.41, 5.74) is 1.94. The van der Waals surface area contributed by atoms with E-state index in [0.717, 1.165) is 71.6 Å². The van der Waals surface area contributed by atoms with Crippen LogP contribution in [0.5, 0.6) is 0 Å². The Morgan fingerprint density at radius 3 is 2.48 bits per heavy atom. The lowest BCUT2D eigenvalue weighted by Crippen LogP contribution is -2.57. The number of rotatable bonds is 3. The lowest BCUT2D eigenvalue weighted by Gasteiger charge is -2.49. The highest BCUT2D eigenvalue weighted by atomic mass is 16.5.